The molecule has 36 heavy (non-hydrogen) atoms. The van der Waals surface area contributed by atoms with Crippen molar-refractivity contribution in [2.45, 2.75) is 62.7 Å². The normalized spacial score (nSPS) is 21.8. The van der Waals surface area contributed by atoms with Crippen LogP contribution in [0.25, 0.3) is 0 Å². The number of amidine groups is 1. The fourth-order valence-electron chi connectivity index (χ4n) is 5.49. The van der Waals surface area contributed by atoms with Gasteiger partial charge in [-0.3, -0.25) is 25.0 Å². The summed E-state index contributed by atoms with van der Waals surface area (Å²) in [6.45, 7) is 0.685. The van der Waals surface area contributed by atoms with Crippen LogP contribution in [0.5, 0.6) is 0 Å². The number of hydrogen-bond acceptors (Lipinski definition) is 4. The Morgan fingerprint density at radius 1 is 1.06 bits per heavy atom. The number of carbonyl (C=O) groups is 2. The second-order valence-electron chi connectivity index (χ2n) is 9.65. The van der Waals surface area contributed by atoms with Crippen LogP contribution in [0.4, 0.5) is 23.7 Å². The van der Waals surface area contributed by atoms with E-state index in [1.807, 2.05) is 6.07 Å². The minimum Gasteiger partial charge on any atom is -0.338 e. The van der Waals surface area contributed by atoms with Crippen LogP contribution >= 0.6 is 0 Å². The van der Waals surface area contributed by atoms with E-state index in [1.165, 1.54) is 18.6 Å². The first-order chi connectivity index (χ1) is 17.3. The van der Waals surface area contributed by atoms with Gasteiger partial charge in [-0.25, -0.2) is 4.79 Å². The van der Waals surface area contributed by atoms with Gasteiger partial charge in [-0.1, -0.05) is 19.3 Å². The maximum Gasteiger partial charge on any atom is 0.416 e. The Morgan fingerprint density at radius 3 is 2.36 bits per heavy atom. The standard InChI is InChI=1S/C26H28F3N5O2/c27-26(28,29)19-10-8-18(9-11-19)22(35)33-15-12-25(13-16-33)23(31-20-5-2-1-3-6-20)32-24(36)34(25)21-7-4-14-30-17-21/h4,7-11,14,17,20H,1-3,5-6,12-13,15-16H2,(H,31,32,36). The maximum atomic E-state index is 13.2. The predicted molar refractivity (Wildman–Crippen MR) is 129 cm³/mol. The van der Waals surface area contributed by atoms with Crippen molar-refractivity contribution in [3.05, 3.63) is 59.9 Å². The van der Waals surface area contributed by atoms with Gasteiger partial charge in [-0.2, -0.15) is 13.2 Å². The van der Waals surface area contributed by atoms with Crippen LogP contribution < -0.4 is 10.2 Å². The monoisotopic (exact) mass is 499 g/mol. The van der Waals surface area contributed by atoms with Gasteiger partial charge in [0.1, 0.15) is 11.4 Å². The molecule has 1 N–H and O–H groups in total. The molecular weight excluding hydrogens is 471 g/mol. The average molecular weight is 500 g/mol. The predicted octanol–water partition coefficient (Wildman–Crippen LogP) is 5.04. The number of halogens is 3. The summed E-state index contributed by atoms with van der Waals surface area (Å²) in [6.07, 6.45) is 5.15. The minimum atomic E-state index is -4.45. The minimum absolute atomic E-state index is 0.159. The number of anilines is 1. The van der Waals surface area contributed by atoms with E-state index in [0.717, 1.165) is 37.8 Å². The quantitative estimate of drug-likeness (QED) is 0.643. The molecule has 0 unspecified atom stereocenters. The van der Waals surface area contributed by atoms with Crippen molar-refractivity contribution in [2.75, 3.05) is 18.0 Å². The van der Waals surface area contributed by atoms with Gasteiger partial charge in [-0.05, 0) is 62.1 Å². The van der Waals surface area contributed by atoms with Gasteiger partial charge >= 0.3 is 12.2 Å². The first kappa shape index (κ1) is 24.3. The van der Waals surface area contributed by atoms with Crippen LogP contribution in [0, 0.1) is 0 Å². The van der Waals surface area contributed by atoms with E-state index in [2.05, 4.69) is 10.3 Å². The summed E-state index contributed by atoms with van der Waals surface area (Å²) in [4.78, 5) is 38.8. The topological polar surface area (TPSA) is 77.9 Å². The lowest BCUT2D eigenvalue weighted by atomic mass is 9.84. The number of urea groups is 1. The highest BCUT2D eigenvalue weighted by atomic mass is 19.4. The van der Waals surface area contributed by atoms with Gasteiger partial charge in [0.05, 0.1) is 23.5 Å². The van der Waals surface area contributed by atoms with Crippen molar-refractivity contribution in [2.24, 2.45) is 4.99 Å². The van der Waals surface area contributed by atoms with E-state index < -0.39 is 17.3 Å². The molecule has 1 saturated carbocycles. The summed E-state index contributed by atoms with van der Waals surface area (Å²) >= 11 is 0. The fourth-order valence-corrected chi connectivity index (χ4v) is 5.49. The zero-order valence-electron chi connectivity index (χ0n) is 19.8. The highest BCUT2D eigenvalue weighted by molar-refractivity contribution is 6.19. The van der Waals surface area contributed by atoms with E-state index >= 15 is 0 Å². The number of nitrogens with zero attached hydrogens (tertiary/aromatic N) is 4. The molecule has 2 saturated heterocycles. The summed E-state index contributed by atoms with van der Waals surface area (Å²) in [7, 11) is 0. The van der Waals surface area contributed by atoms with Gasteiger partial charge in [0, 0.05) is 24.8 Å². The molecule has 3 heterocycles. The number of aromatic nitrogens is 1. The number of benzene rings is 1. The number of likely N-dealkylation sites (tertiary alicyclic amines) is 1. The van der Waals surface area contributed by atoms with E-state index in [4.69, 9.17) is 4.99 Å². The lowest BCUT2D eigenvalue weighted by molar-refractivity contribution is -0.137. The van der Waals surface area contributed by atoms with E-state index in [0.29, 0.717) is 37.5 Å². The molecule has 0 bridgehead atoms. The third-order valence-electron chi connectivity index (χ3n) is 7.42. The Labute approximate surface area is 207 Å². The highest BCUT2D eigenvalue weighted by Crippen LogP contribution is 2.39. The molecular formula is C26H28F3N5O2. The van der Waals surface area contributed by atoms with Crippen molar-refractivity contribution >= 4 is 23.5 Å². The molecule has 7 nitrogen and oxygen atoms in total. The Bertz CT molecular complexity index is 1140. The molecule has 0 atom stereocenters. The summed E-state index contributed by atoms with van der Waals surface area (Å²) in [5.41, 5.74) is -0.650. The zero-order chi connectivity index (χ0) is 25.3. The van der Waals surface area contributed by atoms with Crippen LogP contribution in [0.15, 0.2) is 53.8 Å². The zero-order valence-corrected chi connectivity index (χ0v) is 19.8. The molecule has 190 valence electrons. The van der Waals surface area contributed by atoms with Crippen LogP contribution in [0.3, 0.4) is 0 Å². The molecule has 3 amide bonds. The molecule has 3 fully saturated rings. The molecule has 1 aromatic carbocycles. The Hall–Kier alpha value is -3.43. The van der Waals surface area contributed by atoms with E-state index in [-0.39, 0.29) is 23.5 Å². The summed E-state index contributed by atoms with van der Waals surface area (Å²) in [5, 5.41) is 3.01. The van der Waals surface area contributed by atoms with Crippen LogP contribution in [0.2, 0.25) is 0 Å². The first-order valence-electron chi connectivity index (χ1n) is 12.3. The van der Waals surface area contributed by atoms with Crippen molar-refractivity contribution in [3.8, 4) is 0 Å². The number of nitrogens with one attached hydrogen (secondary N) is 1. The third kappa shape index (κ3) is 4.56. The molecule has 1 aliphatic carbocycles. The lowest BCUT2D eigenvalue weighted by Gasteiger charge is -2.43. The second kappa shape index (κ2) is 9.55. The van der Waals surface area contributed by atoms with Gasteiger partial charge < -0.3 is 4.90 Å². The van der Waals surface area contributed by atoms with Crippen LogP contribution in [0.1, 0.15) is 60.9 Å². The molecule has 1 spiro atoms. The number of aliphatic imine (C=N–C) groups is 1. The number of piperidine rings is 1. The Balaban J connectivity index is 1.40. The molecule has 0 radical (unpaired) electrons. The van der Waals surface area contributed by atoms with Crippen molar-refractivity contribution in [1.82, 2.24) is 15.2 Å². The number of hydrogen-bond donors (Lipinski definition) is 1. The molecule has 2 aromatic rings. The van der Waals surface area contributed by atoms with Gasteiger partial charge in [0.25, 0.3) is 5.91 Å². The summed E-state index contributed by atoms with van der Waals surface area (Å²) < 4.78 is 38.7. The lowest BCUT2D eigenvalue weighted by Crippen LogP contribution is -2.58. The first-order valence-corrected chi connectivity index (χ1v) is 12.3. The van der Waals surface area contributed by atoms with Crippen molar-refractivity contribution in [3.63, 3.8) is 0 Å². The smallest absolute Gasteiger partial charge is 0.338 e. The summed E-state index contributed by atoms with van der Waals surface area (Å²) in [6, 6.07) is 7.79. The number of amides is 3. The fraction of sp³-hybridized carbons (Fsp3) is 0.462. The number of alkyl halides is 3. The van der Waals surface area contributed by atoms with Crippen molar-refractivity contribution < 1.29 is 22.8 Å². The van der Waals surface area contributed by atoms with Crippen molar-refractivity contribution in [1.29, 1.82) is 0 Å². The highest BCUT2D eigenvalue weighted by Gasteiger charge is 2.53. The SMILES string of the molecule is O=C(c1ccc(C(F)(F)F)cc1)N1CCC2(CC1)C(=NC1CCCCC1)NC(=O)N2c1cccnc1. The summed E-state index contributed by atoms with van der Waals surface area (Å²) in [5.74, 6) is 0.319. The Morgan fingerprint density at radius 2 is 1.75 bits per heavy atom. The van der Waals surface area contributed by atoms with Gasteiger partial charge in [0.2, 0.25) is 0 Å². The number of pyridine rings is 1. The molecule has 3 aliphatic rings. The second-order valence-corrected chi connectivity index (χ2v) is 9.65. The van der Waals surface area contributed by atoms with Crippen LogP contribution in [-0.4, -0.2) is 52.3 Å². The molecule has 10 heteroatoms. The number of rotatable bonds is 3. The van der Waals surface area contributed by atoms with Gasteiger partial charge in [-0.15, -0.1) is 0 Å². The van der Waals surface area contributed by atoms with Gasteiger partial charge in [0.15, 0.2) is 0 Å². The maximum absolute atomic E-state index is 13.2. The molecule has 2 aliphatic heterocycles. The van der Waals surface area contributed by atoms with E-state index in [9.17, 15) is 22.8 Å². The molecule has 5 rings (SSSR count). The third-order valence-corrected chi connectivity index (χ3v) is 7.42. The Kier molecular flexibility index (Phi) is 6.44. The largest absolute Gasteiger partial charge is 0.416 e. The van der Waals surface area contributed by atoms with Crippen LogP contribution in [-0.2, 0) is 6.18 Å². The van der Waals surface area contributed by atoms with E-state index in [1.54, 1.807) is 28.3 Å². The average Bonchev–Trinajstić information content (AvgIpc) is 3.14. The molecule has 1 aromatic heterocycles. The number of carbonyl (C=O) groups excluding carboxylic acids is 2.